The summed E-state index contributed by atoms with van der Waals surface area (Å²) in [6.07, 6.45) is 0. The van der Waals surface area contributed by atoms with Gasteiger partial charge in [0.2, 0.25) is 11.7 Å². The molecule has 1 atom stereocenters. The summed E-state index contributed by atoms with van der Waals surface area (Å²) in [5.41, 5.74) is 2.47. The monoisotopic (exact) mass is 332 g/mol. The third-order valence-corrected chi connectivity index (χ3v) is 4.09. The van der Waals surface area contributed by atoms with Crippen molar-refractivity contribution in [3.05, 3.63) is 64.5 Å². The largest absolute Gasteiger partial charge is 0.508 e. The van der Waals surface area contributed by atoms with Crippen molar-refractivity contribution in [3.8, 4) is 17.1 Å². The zero-order chi connectivity index (χ0) is 15.7. The first kappa shape index (κ1) is 14.9. The van der Waals surface area contributed by atoms with Gasteiger partial charge in [0.1, 0.15) is 11.0 Å². The number of benzene rings is 2. The van der Waals surface area contributed by atoms with Crippen LogP contribution in [0.3, 0.4) is 0 Å². The van der Waals surface area contributed by atoms with Gasteiger partial charge in [0.15, 0.2) is 0 Å². The van der Waals surface area contributed by atoms with Crippen LogP contribution in [0.4, 0.5) is 0 Å². The molecule has 1 aromatic heterocycles. The third kappa shape index (κ3) is 2.96. The minimum Gasteiger partial charge on any atom is -0.508 e. The average molecular weight is 333 g/mol. The van der Waals surface area contributed by atoms with Gasteiger partial charge >= 0.3 is 0 Å². The van der Waals surface area contributed by atoms with Crippen molar-refractivity contribution in [1.82, 2.24) is 10.1 Å². The van der Waals surface area contributed by atoms with E-state index in [0.717, 1.165) is 16.7 Å². The maximum absolute atomic E-state index is 9.58. The standard InChI is InChI=1S/C16H13ClN2O2S/c1-9-8-11(4-7-13(9)20)14(22)16-18-15(19-21-16)10-2-5-12(17)6-3-10/h2-8,14,20,22H,1H3. The second kappa shape index (κ2) is 6.02. The lowest BCUT2D eigenvalue weighted by Crippen LogP contribution is -1.94. The van der Waals surface area contributed by atoms with Crippen molar-refractivity contribution < 1.29 is 9.63 Å². The molecule has 2 aromatic carbocycles. The van der Waals surface area contributed by atoms with E-state index in [-0.39, 0.29) is 11.0 Å². The lowest BCUT2D eigenvalue weighted by atomic mass is 10.1. The quantitative estimate of drug-likeness (QED) is 0.697. The highest BCUT2D eigenvalue weighted by Crippen LogP contribution is 2.31. The van der Waals surface area contributed by atoms with Crippen LogP contribution in [0.15, 0.2) is 47.0 Å². The van der Waals surface area contributed by atoms with Crippen LogP contribution < -0.4 is 0 Å². The molecule has 6 heteroatoms. The van der Waals surface area contributed by atoms with Gasteiger partial charge in [-0.1, -0.05) is 28.9 Å². The first-order chi connectivity index (χ1) is 10.5. The Labute approximate surface area is 138 Å². The number of aryl methyl sites for hydroxylation is 1. The second-order valence-corrected chi connectivity index (χ2v) is 5.86. The van der Waals surface area contributed by atoms with Crippen LogP contribution in [0.2, 0.25) is 5.02 Å². The molecule has 22 heavy (non-hydrogen) atoms. The van der Waals surface area contributed by atoms with Crippen molar-refractivity contribution in [2.45, 2.75) is 12.2 Å². The Hall–Kier alpha value is -1.98. The van der Waals surface area contributed by atoms with Gasteiger partial charge in [-0.25, -0.2) is 0 Å². The van der Waals surface area contributed by atoms with Gasteiger partial charge in [-0.05, 0) is 48.4 Å². The van der Waals surface area contributed by atoms with Crippen molar-refractivity contribution in [3.63, 3.8) is 0 Å². The van der Waals surface area contributed by atoms with Gasteiger partial charge in [-0.3, -0.25) is 0 Å². The zero-order valence-corrected chi connectivity index (χ0v) is 13.3. The van der Waals surface area contributed by atoms with Crippen LogP contribution >= 0.6 is 24.2 Å². The smallest absolute Gasteiger partial charge is 0.244 e. The molecule has 4 nitrogen and oxygen atoms in total. The lowest BCUT2D eigenvalue weighted by Gasteiger charge is -2.08. The van der Waals surface area contributed by atoms with E-state index in [9.17, 15) is 5.11 Å². The van der Waals surface area contributed by atoms with Gasteiger partial charge < -0.3 is 9.63 Å². The molecule has 0 saturated heterocycles. The highest BCUT2D eigenvalue weighted by atomic mass is 35.5. The van der Waals surface area contributed by atoms with Crippen LogP contribution in [0, 0.1) is 6.92 Å². The molecule has 0 aliphatic rings. The van der Waals surface area contributed by atoms with E-state index in [2.05, 4.69) is 22.8 Å². The summed E-state index contributed by atoms with van der Waals surface area (Å²) in [5.74, 6) is 1.14. The van der Waals surface area contributed by atoms with Crippen molar-refractivity contribution >= 4 is 24.2 Å². The third-order valence-electron chi connectivity index (χ3n) is 3.31. The average Bonchev–Trinajstić information content (AvgIpc) is 3.00. The molecule has 0 amide bonds. The summed E-state index contributed by atoms with van der Waals surface area (Å²) < 4.78 is 5.30. The predicted octanol–water partition coefficient (Wildman–Crippen LogP) is 4.42. The summed E-state index contributed by atoms with van der Waals surface area (Å²) >= 11 is 10.4. The summed E-state index contributed by atoms with van der Waals surface area (Å²) in [5, 5.41) is 13.9. The highest BCUT2D eigenvalue weighted by Gasteiger charge is 2.18. The normalized spacial score (nSPS) is 12.3. The molecule has 1 N–H and O–H groups in total. The van der Waals surface area contributed by atoms with Crippen LogP contribution in [0.25, 0.3) is 11.4 Å². The van der Waals surface area contributed by atoms with Crippen molar-refractivity contribution in [1.29, 1.82) is 0 Å². The first-order valence-corrected chi connectivity index (χ1v) is 7.51. The fourth-order valence-corrected chi connectivity index (χ4v) is 2.45. The molecule has 3 rings (SSSR count). The molecule has 3 aromatic rings. The number of aromatic nitrogens is 2. The summed E-state index contributed by atoms with van der Waals surface area (Å²) in [6, 6.07) is 12.5. The molecule has 0 aliphatic carbocycles. The molecular formula is C16H13ClN2O2S. The topological polar surface area (TPSA) is 59.2 Å². The van der Waals surface area contributed by atoms with Gasteiger partial charge in [-0.15, -0.1) is 0 Å². The lowest BCUT2D eigenvalue weighted by molar-refractivity contribution is 0.384. The Kier molecular flexibility index (Phi) is 4.09. The van der Waals surface area contributed by atoms with E-state index < -0.39 is 0 Å². The minimum atomic E-state index is -0.354. The maximum Gasteiger partial charge on any atom is 0.244 e. The fraction of sp³-hybridized carbons (Fsp3) is 0.125. The number of halogens is 1. The van der Waals surface area contributed by atoms with Crippen LogP contribution in [-0.4, -0.2) is 15.2 Å². The van der Waals surface area contributed by atoms with E-state index in [1.54, 1.807) is 24.3 Å². The molecule has 112 valence electrons. The Morgan fingerprint density at radius 1 is 1.18 bits per heavy atom. The van der Waals surface area contributed by atoms with Gasteiger partial charge in [0.25, 0.3) is 0 Å². The fourth-order valence-electron chi connectivity index (χ4n) is 2.05. The number of hydrogen-bond donors (Lipinski definition) is 2. The molecule has 1 heterocycles. The Morgan fingerprint density at radius 3 is 2.59 bits per heavy atom. The molecule has 0 aliphatic heterocycles. The van der Waals surface area contributed by atoms with Crippen LogP contribution in [0.1, 0.15) is 22.3 Å². The van der Waals surface area contributed by atoms with E-state index in [1.807, 2.05) is 25.1 Å². The molecule has 0 fully saturated rings. The molecule has 0 spiro atoms. The summed E-state index contributed by atoms with van der Waals surface area (Å²) in [4.78, 5) is 4.38. The Bertz CT molecular complexity index is 802. The maximum atomic E-state index is 9.58. The molecule has 0 bridgehead atoms. The van der Waals surface area contributed by atoms with Gasteiger partial charge in [0.05, 0.1) is 0 Å². The second-order valence-electron chi connectivity index (χ2n) is 4.91. The van der Waals surface area contributed by atoms with E-state index in [4.69, 9.17) is 16.1 Å². The zero-order valence-electron chi connectivity index (χ0n) is 11.7. The number of phenols is 1. The Balaban J connectivity index is 1.89. The van der Waals surface area contributed by atoms with Gasteiger partial charge in [-0.2, -0.15) is 17.6 Å². The molecule has 1 unspecified atom stereocenters. The number of thiol groups is 1. The van der Waals surface area contributed by atoms with E-state index in [1.165, 1.54) is 0 Å². The molecule has 0 saturated carbocycles. The Morgan fingerprint density at radius 2 is 1.91 bits per heavy atom. The molecule has 0 radical (unpaired) electrons. The van der Waals surface area contributed by atoms with E-state index in [0.29, 0.717) is 16.7 Å². The van der Waals surface area contributed by atoms with Crippen LogP contribution in [0.5, 0.6) is 5.75 Å². The number of rotatable bonds is 3. The molecular weight excluding hydrogens is 320 g/mol. The highest BCUT2D eigenvalue weighted by molar-refractivity contribution is 7.80. The van der Waals surface area contributed by atoms with Crippen molar-refractivity contribution in [2.75, 3.05) is 0 Å². The van der Waals surface area contributed by atoms with Crippen molar-refractivity contribution in [2.24, 2.45) is 0 Å². The summed E-state index contributed by atoms with van der Waals surface area (Å²) in [7, 11) is 0. The number of phenolic OH excluding ortho intramolecular Hbond substituents is 1. The van der Waals surface area contributed by atoms with Crippen LogP contribution in [-0.2, 0) is 0 Å². The van der Waals surface area contributed by atoms with Gasteiger partial charge in [0, 0.05) is 10.6 Å². The SMILES string of the molecule is Cc1cc(C(S)c2nc(-c3ccc(Cl)cc3)no2)ccc1O. The first-order valence-electron chi connectivity index (χ1n) is 6.62. The minimum absolute atomic E-state index is 0.247. The predicted molar refractivity (Wildman–Crippen MR) is 88.4 cm³/mol. The van der Waals surface area contributed by atoms with E-state index >= 15 is 0 Å². The number of nitrogens with zero attached hydrogens (tertiary/aromatic N) is 2. The number of hydrogen-bond acceptors (Lipinski definition) is 5. The number of aromatic hydroxyl groups is 1. The summed E-state index contributed by atoms with van der Waals surface area (Å²) in [6.45, 7) is 1.83.